The van der Waals surface area contributed by atoms with Crippen molar-refractivity contribution < 1.29 is 14.3 Å². The van der Waals surface area contributed by atoms with Crippen molar-refractivity contribution in [2.45, 2.75) is 6.92 Å². The summed E-state index contributed by atoms with van der Waals surface area (Å²) in [5.74, 6) is -0.439. The second-order valence-electron chi connectivity index (χ2n) is 5.73. The van der Waals surface area contributed by atoms with Gasteiger partial charge in [0.2, 0.25) is 0 Å². The van der Waals surface area contributed by atoms with Crippen LogP contribution in [0.1, 0.15) is 22.8 Å². The number of nitrogens with zero attached hydrogens (tertiary/aromatic N) is 1. The van der Waals surface area contributed by atoms with E-state index in [0.29, 0.717) is 17.2 Å². The highest BCUT2D eigenvalue weighted by Crippen LogP contribution is 2.39. The molecule has 4 nitrogen and oxygen atoms in total. The molecule has 0 N–H and O–H groups in total. The van der Waals surface area contributed by atoms with Gasteiger partial charge in [-0.3, -0.25) is 9.59 Å². The SMILES string of the molecule is CCOC(=O)CN1C(c2ccccc2)=CS/C1=C\C(=O)c1ccc(Br)cc1. The number of carbonyl (C=O) groups is 2. The lowest BCUT2D eigenvalue weighted by molar-refractivity contribution is -0.143. The quantitative estimate of drug-likeness (QED) is 0.353. The highest BCUT2D eigenvalue weighted by molar-refractivity contribution is 9.10. The Morgan fingerprint density at radius 3 is 2.48 bits per heavy atom. The number of ether oxygens (including phenoxy) is 1. The Balaban J connectivity index is 1.88. The van der Waals surface area contributed by atoms with Crippen LogP contribution in [0.25, 0.3) is 5.70 Å². The Morgan fingerprint density at radius 2 is 1.81 bits per heavy atom. The molecule has 2 aromatic carbocycles. The van der Waals surface area contributed by atoms with Gasteiger partial charge in [0, 0.05) is 21.5 Å². The highest BCUT2D eigenvalue weighted by Gasteiger charge is 2.26. The Kier molecular flexibility index (Phi) is 6.53. The maximum absolute atomic E-state index is 12.6. The summed E-state index contributed by atoms with van der Waals surface area (Å²) in [6.07, 6.45) is 1.57. The van der Waals surface area contributed by atoms with Gasteiger partial charge in [0.1, 0.15) is 6.54 Å². The summed E-state index contributed by atoms with van der Waals surface area (Å²) < 4.78 is 6.02. The molecule has 0 aliphatic carbocycles. The van der Waals surface area contributed by atoms with E-state index in [1.807, 2.05) is 52.8 Å². The average Bonchev–Trinajstić information content (AvgIpc) is 3.05. The van der Waals surface area contributed by atoms with Crippen LogP contribution in [-0.2, 0) is 9.53 Å². The molecule has 2 aromatic rings. The molecule has 0 radical (unpaired) electrons. The Hall–Kier alpha value is -2.31. The molecule has 1 heterocycles. The third-order valence-corrected chi connectivity index (χ3v) is 5.34. The summed E-state index contributed by atoms with van der Waals surface area (Å²) in [7, 11) is 0. The lowest BCUT2D eigenvalue weighted by atomic mass is 10.1. The molecule has 0 saturated heterocycles. The highest BCUT2D eigenvalue weighted by atomic mass is 79.9. The molecule has 138 valence electrons. The van der Waals surface area contributed by atoms with Crippen molar-refractivity contribution in [3.63, 3.8) is 0 Å². The molecule has 3 rings (SSSR count). The number of allylic oxidation sites excluding steroid dienone is 1. The Labute approximate surface area is 171 Å². The maximum Gasteiger partial charge on any atom is 0.325 e. The standard InChI is InChI=1S/C21H18BrNO3S/c1-2-26-21(25)13-23-18(15-6-4-3-5-7-15)14-27-20(23)12-19(24)16-8-10-17(22)11-9-16/h3-12,14H,2,13H2,1H3/b20-12-. The Morgan fingerprint density at radius 1 is 1.11 bits per heavy atom. The third kappa shape index (κ3) is 4.90. The zero-order valence-electron chi connectivity index (χ0n) is 14.7. The van der Waals surface area contributed by atoms with E-state index in [9.17, 15) is 9.59 Å². The van der Waals surface area contributed by atoms with Gasteiger partial charge in [-0.05, 0) is 36.8 Å². The molecular formula is C21H18BrNO3S. The first-order chi connectivity index (χ1) is 13.1. The summed E-state index contributed by atoms with van der Waals surface area (Å²) in [5.41, 5.74) is 2.45. The fourth-order valence-corrected chi connectivity index (χ4v) is 3.84. The van der Waals surface area contributed by atoms with Crippen molar-refractivity contribution >= 4 is 45.1 Å². The first-order valence-corrected chi connectivity index (χ1v) is 10.1. The molecule has 0 amide bonds. The van der Waals surface area contributed by atoms with Gasteiger partial charge < -0.3 is 9.64 Å². The number of thioether (sulfide) groups is 1. The van der Waals surface area contributed by atoms with E-state index in [0.717, 1.165) is 15.7 Å². The van der Waals surface area contributed by atoms with Crippen molar-refractivity contribution in [1.29, 1.82) is 0 Å². The summed E-state index contributed by atoms with van der Waals surface area (Å²) in [5, 5.41) is 2.66. The average molecular weight is 444 g/mol. The van der Waals surface area contributed by atoms with Gasteiger partial charge in [-0.25, -0.2) is 0 Å². The number of ketones is 1. The molecule has 0 unspecified atom stereocenters. The van der Waals surface area contributed by atoms with E-state index in [2.05, 4.69) is 15.9 Å². The van der Waals surface area contributed by atoms with Gasteiger partial charge in [-0.1, -0.05) is 58.0 Å². The van der Waals surface area contributed by atoms with Crippen LogP contribution in [0.3, 0.4) is 0 Å². The fraction of sp³-hybridized carbons (Fsp3) is 0.143. The topological polar surface area (TPSA) is 46.6 Å². The lowest BCUT2D eigenvalue weighted by Gasteiger charge is -2.22. The van der Waals surface area contributed by atoms with Gasteiger partial charge in [0.25, 0.3) is 0 Å². The number of hydrogen-bond acceptors (Lipinski definition) is 5. The molecule has 0 saturated carbocycles. The zero-order valence-corrected chi connectivity index (χ0v) is 17.1. The van der Waals surface area contributed by atoms with Crippen molar-refractivity contribution in [1.82, 2.24) is 4.90 Å². The minimum atomic E-state index is -0.330. The fourth-order valence-electron chi connectivity index (χ4n) is 2.62. The predicted octanol–water partition coefficient (Wildman–Crippen LogP) is 5.08. The van der Waals surface area contributed by atoms with Crippen LogP contribution >= 0.6 is 27.7 Å². The number of esters is 1. The van der Waals surface area contributed by atoms with Gasteiger partial charge in [-0.15, -0.1) is 0 Å². The Bertz CT molecular complexity index is 891. The number of benzene rings is 2. The second kappa shape index (κ2) is 9.06. The largest absolute Gasteiger partial charge is 0.465 e. The van der Waals surface area contributed by atoms with E-state index < -0.39 is 0 Å². The van der Waals surface area contributed by atoms with Crippen LogP contribution < -0.4 is 0 Å². The van der Waals surface area contributed by atoms with Gasteiger partial charge in [-0.2, -0.15) is 0 Å². The monoisotopic (exact) mass is 443 g/mol. The van der Waals surface area contributed by atoms with Crippen molar-refractivity contribution in [3.05, 3.63) is 86.7 Å². The molecular weight excluding hydrogens is 426 g/mol. The molecule has 0 aromatic heterocycles. The smallest absolute Gasteiger partial charge is 0.325 e. The molecule has 0 spiro atoms. The summed E-state index contributed by atoms with van der Waals surface area (Å²) in [6.45, 7) is 2.15. The van der Waals surface area contributed by atoms with E-state index in [4.69, 9.17) is 4.74 Å². The van der Waals surface area contributed by atoms with Crippen molar-refractivity contribution in [2.24, 2.45) is 0 Å². The number of rotatable bonds is 6. The van der Waals surface area contributed by atoms with Crippen LogP contribution in [-0.4, -0.2) is 29.8 Å². The van der Waals surface area contributed by atoms with Crippen molar-refractivity contribution in [2.75, 3.05) is 13.2 Å². The van der Waals surface area contributed by atoms with Crippen LogP contribution in [0.5, 0.6) is 0 Å². The summed E-state index contributed by atoms with van der Waals surface area (Å²) in [6, 6.07) is 17.0. The minimum Gasteiger partial charge on any atom is -0.465 e. The minimum absolute atomic E-state index is 0.0566. The maximum atomic E-state index is 12.6. The van der Waals surface area contributed by atoms with Crippen LogP contribution in [0, 0.1) is 0 Å². The van der Waals surface area contributed by atoms with Crippen LogP contribution in [0.2, 0.25) is 0 Å². The number of carbonyl (C=O) groups excluding carboxylic acids is 2. The van der Waals surface area contributed by atoms with Crippen LogP contribution in [0.4, 0.5) is 0 Å². The molecule has 6 heteroatoms. The number of hydrogen-bond donors (Lipinski definition) is 0. The molecule has 0 bridgehead atoms. The van der Waals surface area contributed by atoms with Crippen LogP contribution in [0.15, 0.2) is 75.6 Å². The zero-order chi connectivity index (χ0) is 19.2. The van der Waals surface area contributed by atoms with Gasteiger partial charge in [0.15, 0.2) is 5.78 Å². The van der Waals surface area contributed by atoms with E-state index in [1.165, 1.54) is 11.8 Å². The molecule has 0 fully saturated rings. The lowest BCUT2D eigenvalue weighted by Crippen LogP contribution is -2.26. The summed E-state index contributed by atoms with van der Waals surface area (Å²) >= 11 is 4.80. The molecule has 1 aliphatic heterocycles. The summed E-state index contributed by atoms with van der Waals surface area (Å²) in [4.78, 5) is 26.6. The first-order valence-electron chi connectivity index (χ1n) is 8.45. The molecule has 1 aliphatic rings. The van der Waals surface area contributed by atoms with E-state index in [-0.39, 0.29) is 18.3 Å². The predicted molar refractivity (Wildman–Crippen MR) is 112 cm³/mol. The molecule has 27 heavy (non-hydrogen) atoms. The number of halogens is 1. The van der Waals surface area contributed by atoms with E-state index >= 15 is 0 Å². The molecule has 0 atom stereocenters. The van der Waals surface area contributed by atoms with Gasteiger partial charge >= 0.3 is 5.97 Å². The second-order valence-corrected chi connectivity index (χ2v) is 7.54. The van der Waals surface area contributed by atoms with E-state index in [1.54, 1.807) is 25.1 Å². The van der Waals surface area contributed by atoms with Crippen molar-refractivity contribution in [3.8, 4) is 0 Å². The normalized spacial score (nSPS) is 15.0. The van der Waals surface area contributed by atoms with Gasteiger partial charge in [0.05, 0.1) is 17.3 Å². The third-order valence-electron chi connectivity index (χ3n) is 3.89. The first kappa shape index (κ1) is 19.5.